The normalized spacial score (nSPS) is 13.0. The average Bonchev–Trinajstić information content (AvgIpc) is 2.59. The lowest BCUT2D eigenvalue weighted by molar-refractivity contribution is 0.930. The lowest BCUT2D eigenvalue weighted by atomic mass is 10.1. The predicted octanol–water partition coefficient (Wildman–Crippen LogP) is 3.46. The molecule has 1 aromatic carbocycles. The third-order valence-electron chi connectivity index (χ3n) is 2.39. The van der Waals surface area contributed by atoms with Crippen LogP contribution in [0.3, 0.4) is 0 Å². The van der Waals surface area contributed by atoms with Gasteiger partial charge in [-0.15, -0.1) is 6.58 Å². The molecule has 0 unspecified atom stereocenters. The van der Waals surface area contributed by atoms with Crippen molar-refractivity contribution in [3.63, 3.8) is 0 Å². The molecule has 2 rings (SSSR count). The second-order valence-electron chi connectivity index (χ2n) is 3.34. The fraction of sp³-hybridized carbons (Fsp3) is 0.167. The minimum atomic E-state index is 0.396. The van der Waals surface area contributed by atoms with E-state index in [0.717, 1.165) is 0 Å². The molecule has 2 aromatic rings. The molecule has 1 atom stereocenters. The van der Waals surface area contributed by atoms with Gasteiger partial charge in [-0.2, -0.15) is 0 Å². The van der Waals surface area contributed by atoms with E-state index < -0.39 is 0 Å². The maximum absolute atomic E-state index is 3.79. The molecule has 13 heavy (non-hydrogen) atoms. The lowest BCUT2D eigenvalue weighted by Crippen LogP contribution is -1.86. The van der Waals surface area contributed by atoms with Crippen molar-refractivity contribution in [2.45, 2.75) is 12.8 Å². The molecule has 0 saturated heterocycles. The van der Waals surface area contributed by atoms with Gasteiger partial charge in [0.15, 0.2) is 0 Å². The van der Waals surface area contributed by atoms with Crippen molar-refractivity contribution in [2.75, 3.05) is 0 Å². The molecule has 1 heteroatoms. The number of benzene rings is 1. The summed E-state index contributed by atoms with van der Waals surface area (Å²) in [5.74, 6) is 0.396. The Morgan fingerprint density at radius 3 is 2.85 bits per heavy atom. The Labute approximate surface area is 78.1 Å². The van der Waals surface area contributed by atoms with Gasteiger partial charge < -0.3 is 4.98 Å². The topological polar surface area (TPSA) is 15.8 Å². The van der Waals surface area contributed by atoms with Gasteiger partial charge in [-0.05, 0) is 17.5 Å². The van der Waals surface area contributed by atoms with Crippen LogP contribution in [-0.2, 0) is 0 Å². The molecule has 0 bridgehead atoms. The van der Waals surface area contributed by atoms with Crippen LogP contribution in [0.5, 0.6) is 0 Å². The summed E-state index contributed by atoms with van der Waals surface area (Å²) < 4.78 is 0. The summed E-state index contributed by atoms with van der Waals surface area (Å²) in [7, 11) is 0. The second kappa shape index (κ2) is 3.09. The molecule has 0 fully saturated rings. The Hall–Kier alpha value is -1.50. The van der Waals surface area contributed by atoms with Crippen LogP contribution in [0.2, 0.25) is 0 Å². The van der Waals surface area contributed by atoms with Crippen molar-refractivity contribution in [3.8, 4) is 0 Å². The van der Waals surface area contributed by atoms with Gasteiger partial charge in [-0.3, -0.25) is 0 Å². The third kappa shape index (κ3) is 1.37. The molecule has 1 nitrogen and oxygen atoms in total. The minimum absolute atomic E-state index is 0.396. The number of rotatable bonds is 2. The van der Waals surface area contributed by atoms with Gasteiger partial charge in [0, 0.05) is 17.1 Å². The van der Waals surface area contributed by atoms with Crippen molar-refractivity contribution < 1.29 is 0 Å². The Morgan fingerprint density at radius 1 is 1.38 bits per heavy atom. The standard InChI is InChI=1S/C12H13N/c1-3-9(2)12-8-10-6-4-5-7-11(10)13-12/h3-9,13H,1H2,2H3/t9-/m1/s1. The Morgan fingerprint density at radius 2 is 2.15 bits per heavy atom. The molecule has 0 saturated carbocycles. The molecule has 0 radical (unpaired) electrons. The molecule has 1 heterocycles. The molecule has 0 aliphatic rings. The van der Waals surface area contributed by atoms with Crippen LogP contribution >= 0.6 is 0 Å². The minimum Gasteiger partial charge on any atom is -0.358 e. The van der Waals surface area contributed by atoms with Gasteiger partial charge in [-0.1, -0.05) is 31.2 Å². The molecule has 0 spiro atoms. The van der Waals surface area contributed by atoms with Crippen molar-refractivity contribution in [2.24, 2.45) is 0 Å². The van der Waals surface area contributed by atoms with E-state index in [0.29, 0.717) is 5.92 Å². The fourth-order valence-electron chi connectivity index (χ4n) is 1.47. The zero-order valence-electron chi connectivity index (χ0n) is 7.75. The first kappa shape index (κ1) is 8.11. The molecular formula is C12H13N. The molecular weight excluding hydrogens is 158 g/mol. The molecule has 0 aliphatic carbocycles. The molecule has 0 amide bonds. The van der Waals surface area contributed by atoms with Gasteiger partial charge in [0.2, 0.25) is 0 Å². The number of hydrogen-bond donors (Lipinski definition) is 1. The molecule has 1 aromatic heterocycles. The van der Waals surface area contributed by atoms with Crippen LogP contribution in [0.4, 0.5) is 0 Å². The highest BCUT2D eigenvalue weighted by Crippen LogP contribution is 2.21. The van der Waals surface area contributed by atoms with Crippen molar-refractivity contribution >= 4 is 10.9 Å². The fourth-order valence-corrected chi connectivity index (χ4v) is 1.47. The van der Waals surface area contributed by atoms with E-state index >= 15 is 0 Å². The summed E-state index contributed by atoms with van der Waals surface area (Å²) in [6.07, 6.45) is 1.95. The average molecular weight is 171 g/mol. The quantitative estimate of drug-likeness (QED) is 0.666. The highest BCUT2D eigenvalue weighted by Gasteiger charge is 2.03. The first-order valence-electron chi connectivity index (χ1n) is 4.51. The number of para-hydroxylation sites is 1. The number of nitrogens with one attached hydrogen (secondary N) is 1. The van der Waals surface area contributed by atoms with Crippen LogP contribution in [0.1, 0.15) is 18.5 Å². The van der Waals surface area contributed by atoms with Crippen molar-refractivity contribution in [1.29, 1.82) is 0 Å². The van der Waals surface area contributed by atoms with Crippen LogP contribution in [-0.4, -0.2) is 4.98 Å². The van der Waals surface area contributed by atoms with Gasteiger partial charge in [0.25, 0.3) is 0 Å². The zero-order valence-corrected chi connectivity index (χ0v) is 7.75. The van der Waals surface area contributed by atoms with Crippen LogP contribution < -0.4 is 0 Å². The third-order valence-corrected chi connectivity index (χ3v) is 2.39. The lowest BCUT2D eigenvalue weighted by Gasteiger charge is -1.99. The van der Waals surface area contributed by atoms with E-state index in [1.54, 1.807) is 0 Å². The highest BCUT2D eigenvalue weighted by atomic mass is 14.7. The number of H-pyrrole nitrogens is 1. The maximum Gasteiger partial charge on any atom is 0.0456 e. The highest BCUT2D eigenvalue weighted by molar-refractivity contribution is 5.80. The summed E-state index contributed by atoms with van der Waals surface area (Å²) in [6, 6.07) is 10.5. The zero-order chi connectivity index (χ0) is 9.26. The van der Waals surface area contributed by atoms with Gasteiger partial charge in [0.1, 0.15) is 0 Å². The SMILES string of the molecule is C=C[C@@H](C)c1cc2ccccc2[nH]1. The number of allylic oxidation sites excluding steroid dienone is 1. The predicted molar refractivity (Wildman–Crippen MR) is 56.9 cm³/mol. The summed E-state index contributed by atoms with van der Waals surface area (Å²) in [6.45, 7) is 5.92. The Kier molecular flexibility index (Phi) is 1.93. The van der Waals surface area contributed by atoms with E-state index in [4.69, 9.17) is 0 Å². The van der Waals surface area contributed by atoms with E-state index in [2.05, 4.69) is 42.8 Å². The number of aromatic nitrogens is 1. The van der Waals surface area contributed by atoms with Crippen LogP contribution in [0, 0.1) is 0 Å². The summed E-state index contributed by atoms with van der Waals surface area (Å²) >= 11 is 0. The van der Waals surface area contributed by atoms with E-state index in [-0.39, 0.29) is 0 Å². The monoisotopic (exact) mass is 171 g/mol. The number of aromatic amines is 1. The largest absolute Gasteiger partial charge is 0.358 e. The molecule has 0 aliphatic heterocycles. The smallest absolute Gasteiger partial charge is 0.0456 e. The van der Waals surface area contributed by atoms with E-state index in [1.165, 1.54) is 16.6 Å². The Balaban J connectivity index is 2.55. The van der Waals surface area contributed by atoms with Crippen LogP contribution in [0.15, 0.2) is 43.0 Å². The van der Waals surface area contributed by atoms with Crippen LogP contribution in [0.25, 0.3) is 10.9 Å². The van der Waals surface area contributed by atoms with Crippen molar-refractivity contribution in [3.05, 3.63) is 48.7 Å². The molecule has 1 N–H and O–H groups in total. The number of fused-ring (bicyclic) bond motifs is 1. The van der Waals surface area contributed by atoms with Gasteiger partial charge in [0.05, 0.1) is 0 Å². The van der Waals surface area contributed by atoms with E-state index in [1.807, 2.05) is 12.1 Å². The Bertz CT molecular complexity index is 392. The first-order valence-corrected chi connectivity index (χ1v) is 4.51. The van der Waals surface area contributed by atoms with E-state index in [9.17, 15) is 0 Å². The first-order chi connectivity index (χ1) is 6.31. The van der Waals surface area contributed by atoms with Crippen molar-refractivity contribution in [1.82, 2.24) is 4.98 Å². The molecule has 66 valence electrons. The second-order valence-corrected chi connectivity index (χ2v) is 3.34. The summed E-state index contributed by atoms with van der Waals surface area (Å²) in [5, 5.41) is 1.27. The number of hydrogen-bond acceptors (Lipinski definition) is 0. The van der Waals surface area contributed by atoms with Gasteiger partial charge in [-0.25, -0.2) is 0 Å². The van der Waals surface area contributed by atoms with Gasteiger partial charge >= 0.3 is 0 Å². The summed E-state index contributed by atoms with van der Waals surface area (Å²) in [4.78, 5) is 3.38. The summed E-state index contributed by atoms with van der Waals surface area (Å²) in [5.41, 5.74) is 2.43. The maximum atomic E-state index is 3.79.